The number of rotatable bonds is 2. The monoisotopic (exact) mass is 287 g/mol. The Kier molecular flexibility index (Phi) is 3.47. The minimum absolute atomic E-state index is 0.00758. The molecule has 21 heavy (non-hydrogen) atoms. The number of nitrogens with two attached hydrogens (primary N) is 2. The van der Waals surface area contributed by atoms with Crippen LogP contribution < -0.4 is 16.8 Å². The highest BCUT2D eigenvalue weighted by molar-refractivity contribution is 5.49. The fraction of sp³-hybridized carbons (Fsp3) is 0.333. The average Bonchev–Trinajstić information content (AvgIpc) is 2.46. The third-order valence-electron chi connectivity index (χ3n) is 4.02. The van der Waals surface area contributed by atoms with Gasteiger partial charge in [-0.15, -0.1) is 0 Å². The second-order valence-electron chi connectivity index (χ2n) is 5.35. The predicted molar refractivity (Wildman–Crippen MR) is 80.1 cm³/mol. The van der Waals surface area contributed by atoms with Crippen molar-refractivity contribution in [3.8, 4) is 0 Å². The number of nitrogens with zero attached hydrogens (tertiary/aromatic N) is 2. The van der Waals surface area contributed by atoms with Gasteiger partial charge in [0.2, 0.25) is 5.95 Å². The van der Waals surface area contributed by atoms with Crippen LogP contribution in [0.1, 0.15) is 35.7 Å². The topological polar surface area (TPSA) is 89.8 Å². The van der Waals surface area contributed by atoms with E-state index < -0.39 is 0 Å². The fourth-order valence-corrected chi connectivity index (χ4v) is 2.87. The Hall–Kier alpha value is -2.21. The van der Waals surface area contributed by atoms with Gasteiger partial charge < -0.3 is 16.8 Å². The van der Waals surface area contributed by atoms with E-state index in [0.29, 0.717) is 5.82 Å². The SMILES string of the molecule is CC(c1ccc(F)cc1)[C@@H]1NCCc2c(N)nc(N)nc21. The molecule has 2 aromatic rings. The number of aromatic nitrogens is 2. The second-order valence-corrected chi connectivity index (χ2v) is 5.35. The molecule has 1 aliphatic rings. The zero-order valence-corrected chi connectivity index (χ0v) is 11.8. The van der Waals surface area contributed by atoms with Crippen molar-refractivity contribution in [2.24, 2.45) is 0 Å². The van der Waals surface area contributed by atoms with Crippen LogP contribution in [0.25, 0.3) is 0 Å². The molecule has 0 saturated heterocycles. The van der Waals surface area contributed by atoms with Gasteiger partial charge in [0.15, 0.2) is 0 Å². The van der Waals surface area contributed by atoms with E-state index in [9.17, 15) is 4.39 Å². The summed E-state index contributed by atoms with van der Waals surface area (Å²) >= 11 is 0. The summed E-state index contributed by atoms with van der Waals surface area (Å²) in [6.07, 6.45) is 0.786. The minimum atomic E-state index is -0.237. The van der Waals surface area contributed by atoms with Gasteiger partial charge >= 0.3 is 0 Å². The molecule has 0 fully saturated rings. The lowest BCUT2D eigenvalue weighted by molar-refractivity contribution is 0.433. The Morgan fingerprint density at radius 2 is 1.95 bits per heavy atom. The Balaban J connectivity index is 1.99. The molecular formula is C15H18FN5. The number of nitrogen functional groups attached to an aromatic ring is 2. The van der Waals surface area contributed by atoms with Crippen molar-refractivity contribution in [3.63, 3.8) is 0 Å². The Morgan fingerprint density at radius 1 is 1.24 bits per heavy atom. The molecule has 1 aromatic heterocycles. The summed E-state index contributed by atoms with van der Waals surface area (Å²) < 4.78 is 13.1. The zero-order chi connectivity index (χ0) is 15.0. The van der Waals surface area contributed by atoms with E-state index in [1.54, 1.807) is 12.1 Å². The molecule has 0 saturated carbocycles. The van der Waals surface area contributed by atoms with E-state index in [1.165, 1.54) is 12.1 Å². The number of anilines is 2. The van der Waals surface area contributed by atoms with Gasteiger partial charge in [0, 0.05) is 18.0 Å². The van der Waals surface area contributed by atoms with Gasteiger partial charge in [-0.3, -0.25) is 0 Å². The van der Waals surface area contributed by atoms with Gasteiger partial charge in [-0.1, -0.05) is 19.1 Å². The van der Waals surface area contributed by atoms with Crippen LogP contribution in [0.2, 0.25) is 0 Å². The maximum absolute atomic E-state index is 13.1. The molecule has 5 nitrogen and oxygen atoms in total. The maximum atomic E-state index is 13.1. The Bertz CT molecular complexity index is 656. The van der Waals surface area contributed by atoms with Crippen LogP contribution in [0.15, 0.2) is 24.3 Å². The number of fused-ring (bicyclic) bond motifs is 1. The summed E-state index contributed by atoms with van der Waals surface area (Å²) in [7, 11) is 0. The molecule has 0 radical (unpaired) electrons. The minimum Gasteiger partial charge on any atom is -0.383 e. The third kappa shape index (κ3) is 2.54. The Labute approximate surface area is 122 Å². The van der Waals surface area contributed by atoms with E-state index in [2.05, 4.69) is 22.2 Å². The first kappa shape index (κ1) is 13.8. The number of halogens is 1. The normalized spacial score (nSPS) is 19.0. The fourth-order valence-electron chi connectivity index (χ4n) is 2.87. The molecule has 5 N–H and O–H groups in total. The van der Waals surface area contributed by atoms with Crippen molar-refractivity contribution in [2.45, 2.75) is 25.3 Å². The van der Waals surface area contributed by atoms with Gasteiger partial charge in [0.05, 0.1) is 11.7 Å². The van der Waals surface area contributed by atoms with E-state index in [4.69, 9.17) is 11.5 Å². The molecule has 2 atom stereocenters. The van der Waals surface area contributed by atoms with Gasteiger partial charge in [0.25, 0.3) is 0 Å². The molecular weight excluding hydrogens is 269 g/mol. The largest absolute Gasteiger partial charge is 0.383 e. The third-order valence-corrected chi connectivity index (χ3v) is 4.02. The summed E-state index contributed by atoms with van der Waals surface area (Å²) in [6.45, 7) is 2.88. The first-order valence-corrected chi connectivity index (χ1v) is 6.97. The number of hydrogen-bond acceptors (Lipinski definition) is 5. The average molecular weight is 287 g/mol. The molecule has 0 spiro atoms. The molecule has 2 heterocycles. The smallest absolute Gasteiger partial charge is 0.222 e. The van der Waals surface area contributed by atoms with Gasteiger partial charge in [-0.25, -0.2) is 9.37 Å². The van der Waals surface area contributed by atoms with Crippen LogP contribution in [0.5, 0.6) is 0 Å². The summed E-state index contributed by atoms with van der Waals surface area (Å²) in [6, 6.07) is 6.52. The van der Waals surface area contributed by atoms with E-state index in [-0.39, 0.29) is 23.7 Å². The van der Waals surface area contributed by atoms with Crippen molar-refractivity contribution >= 4 is 11.8 Å². The first-order chi connectivity index (χ1) is 10.1. The number of hydrogen-bond donors (Lipinski definition) is 3. The van der Waals surface area contributed by atoms with Gasteiger partial charge in [-0.2, -0.15) is 4.98 Å². The lowest BCUT2D eigenvalue weighted by Crippen LogP contribution is -2.35. The number of benzene rings is 1. The summed E-state index contributed by atoms with van der Waals surface area (Å²) in [4.78, 5) is 8.40. The van der Waals surface area contributed by atoms with Crippen molar-refractivity contribution in [3.05, 3.63) is 46.9 Å². The molecule has 0 aliphatic carbocycles. The molecule has 0 bridgehead atoms. The van der Waals surface area contributed by atoms with E-state index in [0.717, 1.165) is 29.8 Å². The summed E-state index contributed by atoms with van der Waals surface area (Å²) in [5.41, 5.74) is 14.5. The van der Waals surface area contributed by atoms with Crippen molar-refractivity contribution in [1.29, 1.82) is 0 Å². The number of nitrogens with one attached hydrogen (secondary N) is 1. The van der Waals surface area contributed by atoms with Gasteiger partial charge in [-0.05, 0) is 24.1 Å². The van der Waals surface area contributed by atoms with Crippen LogP contribution in [0.3, 0.4) is 0 Å². The highest BCUT2D eigenvalue weighted by Gasteiger charge is 2.29. The molecule has 1 unspecified atom stereocenters. The second kappa shape index (κ2) is 5.29. The quantitative estimate of drug-likeness (QED) is 0.783. The lowest BCUT2D eigenvalue weighted by Gasteiger charge is -2.31. The standard InChI is InChI=1S/C15H18FN5/c1-8(9-2-4-10(16)5-3-9)12-13-11(6-7-19-12)14(17)21-15(18)20-13/h2-5,8,12,19H,6-7H2,1H3,(H4,17,18,20,21)/t8?,12-/m0/s1. The highest BCUT2D eigenvalue weighted by atomic mass is 19.1. The molecule has 0 amide bonds. The zero-order valence-electron chi connectivity index (χ0n) is 11.8. The first-order valence-electron chi connectivity index (χ1n) is 6.97. The van der Waals surface area contributed by atoms with Crippen molar-refractivity contribution < 1.29 is 4.39 Å². The molecule has 1 aliphatic heterocycles. The summed E-state index contributed by atoms with van der Waals surface area (Å²) in [5.74, 6) is 0.527. The molecule has 1 aromatic carbocycles. The molecule has 110 valence electrons. The van der Waals surface area contributed by atoms with Crippen LogP contribution >= 0.6 is 0 Å². The van der Waals surface area contributed by atoms with Crippen LogP contribution in [-0.4, -0.2) is 16.5 Å². The van der Waals surface area contributed by atoms with Crippen LogP contribution in [0.4, 0.5) is 16.2 Å². The summed E-state index contributed by atoms with van der Waals surface area (Å²) in [5, 5.41) is 3.45. The van der Waals surface area contributed by atoms with Crippen molar-refractivity contribution in [2.75, 3.05) is 18.0 Å². The van der Waals surface area contributed by atoms with E-state index >= 15 is 0 Å². The van der Waals surface area contributed by atoms with Gasteiger partial charge in [0.1, 0.15) is 11.6 Å². The van der Waals surface area contributed by atoms with Crippen LogP contribution in [-0.2, 0) is 6.42 Å². The van der Waals surface area contributed by atoms with Crippen LogP contribution in [0, 0.1) is 5.82 Å². The van der Waals surface area contributed by atoms with Crippen molar-refractivity contribution in [1.82, 2.24) is 15.3 Å². The molecule has 6 heteroatoms. The highest BCUT2D eigenvalue weighted by Crippen LogP contribution is 2.35. The predicted octanol–water partition coefficient (Wildman–Crippen LogP) is 1.77. The lowest BCUT2D eigenvalue weighted by atomic mass is 9.86. The maximum Gasteiger partial charge on any atom is 0.222 e. The van der Waals surface area contributed by atoms with E-state index in [1.807, 2.05) is 0 Å². The molecule has 3 rings (SSSR count). The Morgan fingerprint density at radius 3 is 2.67 bits per heavy atom.